The SMILES string of the molecule is O=Cc1cc(-c2cc(F)ccc2F)ncc1F. The van der Waals surface area contributed by atoms with E-state index in [1.807, 2.05) is 0 Å². The van der Waals surface area contributed by atoms with Crippen molar-refractivity contribution >= 4 is 6.29 Å². The molecule has 5 heteroatoms. The van der Waals surface area contributed by atoms with Gasteiger partial charge in [-0.15, -0.1) is 0 Å². The summed E-state index contributed by atoms with van der Waals surface area (Å²) in [5.74, 6) is -2.14. The average Bonchev–Trinajstić information content (AvgIpc) is 2.33. The first-order chi connectivity index (χ1) is 8.11. The van der Waals surface area contributed by atoms with Crippen molar-refractivity contribution in [2.45, 2.75) is 0 Å². The van der Waals surface area contributed by atoms with Crippen LogP contribution in [0.25, 0.3) is 11.3 Å². The molecule has 0 saturated carbocycles. The maximum absolute atomic E-state index is 13.4. The summed E-state index contributed by atoms with van der Waals surface area (Å²) in [4.78, 5) is 14.1. The minimum absolute atomic E-state index is 0.00509. The largest absolute Gasteiger partial charge is 0.298 e. The standard InChI is InChI=1S/C12H6F3NO/c13-8-1-2-10(14)9(4-8)12-3-7(6-17)11(15)5-16-12/h1-6H. The fourth-order valence-electron chi connectivity index (χ4n) is 1.39. The number of halogens is 3. The molecule has 2 nitrogen and oxygen atoms in total. The smallest absolute Gasteiger partial charge is 0.153 e. The van der Waals surface area contributed by atoms with Gasteiger partial charge >= 0.3 is 0 Å². The average molecular weight is 237 g/mol. The van der Waals surface area contributed by atoms with Crippen LogP contribution in [0.2, 0.25) is 0 Å². The first-order valence-electron chi connectivity index (χ1n) is 4.68. The van der Waals surface area contributed by atoms with Crippen LogP contribution < -0.4 is 0 Å². The normalized spacial score (nSPS) is 10.3. The lowest BCUT2D eigenvalue weighted by Gasteiger charge is -2.04. The van der Waals surface area contributed by atoms with E-state index in [2.05, 4.69) is 4.98 Å². The molecule has 0 aliphatic heterocycles. The Hall–Kier alpha value is -2.17. The van der Waals surface area contributed by atoms with E-state index in [4.69, 9.17) is 0 Å². The molecule has 1 heterocycles. The zero-order chi connectivity index (χ0) is 12.4. The van der Waals surface area contributed by atoms with Crippen LogP contribution in [0.3, 0.4) is 0 Å². The van der Waals surface area contributed by atoms with Crippen LogP contribution in [0.5, 0.6) is 0 Å². The molecule has 1 aromatic heterocycles. The molecule has 0 aliphatic carbocycles. The van der Waals surface area contributed by atoms with Crippen LogP contribution in [0.1, 0.15) is 10.4 Å². The third-order valence-electron chi connectivity index (χ3n) is 2.22. The predicted octanol–water partition coefficient (Wildman–Crippen LogP) is 2.98. The minimum Gasteiger partial charge on any atom is -0.298 e. The molecule has 0 fully saturated rings. The lowest BCUT2D eigenvalue weighted by Crippen LogP contribution is -1.94. The molecule has 0 amide bonds. The van der Waals surface area contributed by atoms with Gasteiger partial charge in [-0.1, -0.05) is 0 Å². The van der Waals surface area contributed by atoms with Crippen LogP contribution in [0.15, 0.2) is 30.5 Å². The molecular weight excluding hydrogens is 231 g/mol. The summed E-state index contributed by atoms with van der Waals surface area (Å²) in [6.45, 7) is 0. The van der Waals surface area contributed by atoms with Crippen molar-refractivity contribution in [1.29, 1.82) is 0 Å². The Balaban J connectivity index is 2.60. The summed E-state index contributed by atoms with van der Waals surface area (Å²) in [6, 6.07) is 3.91. The number of benzene rings is 1. The van der Waals surface area contributed by atoms with Gasteiger partial charge in [-0.2, -0.15) is 0 Å². The number of hydrogen-bond acceptors (Lipinski definition) is 2. The summed E-state index contributed by atoms with van der Waals surface area (Å²) < 4.78 is 39.4. The van der Waals surface area contributed by atoms with Gasteiger partial charge in [-0.25, -0.2) is 13.2 Å². The van der Waals surface area contributed by atoms with Crippen molar-refractivity contribution in [3.05, 3.63) is 53.5 Å². The zero-order valence-corrected chi connectivity index (χ0v) is 8.45. The first kappa shape index (κ1) is 11.3. The number of aromatic nitrogens is 1. The van der Waals surface area contributed by atoms with Gasteiger partial charge in [-0.05, 0) is 24.3 Å². The zero-order valence-electron chi connectivity index (χ0n) is 8.45. The van der Waals surface area contributed by atoms with E-state index in [0.29, 0.717) is 0 Å². The van der Waals surface area contributed by atoms with E-state index in [1.165, 1.54) is 0 Å². The Morgan fingerprint density at radius 2 is 1.82 bits per heavy atom. The highest BCUT2D eigenvalue weighted by molar-refractivity contribution is 5.78. The fourth-order valence-corrected chi connectivity index (χ4v) is 1.39. The van der Waals surface area contributed by atoms with Crippen LogP contribution in [0.4, 0.5) is 13.2 Å². The van der Waals surface area contributed by atoms with E-state index >= 15 is 0 Å². The molecule has 17 heavy (non-hydrogen) atoms. The monoisotopic (exact) mass is 237 g/mol. The second-order valence-electron chi connectivity index (χ2n) is 3.33. The van der Waals surface area contributed by atoms with Crippen molar-refractivity contribution < 1.29 is 18.0 Å². The summed E-state index contributed by atoms with van der Waals surface area (Å²) in [7, 11) is 0. The van der Waals surface area contributed by atoms with Gasteiger partial charge in [0.05, 0.1) is 17.5 Å². The van der Waals surface area contributed by atoms with E-state index in [9.17, 15) is 18.0 Å². The van der Waals surface area contributed by atoms with Crippen molar-refractivity contribution in [2.75, 3.05) is 0 Å². The molecule has 0 aliphatic rings. The van der Waals surface area contributed by atoms with E-state index in [1.54, 1.807) is 0 Å². The number of rotatable bonds is 2. The molecule has 2 aromatic rings. The first-order valence-corrected chi connectivity index (χ1v) is 4.68. The number of pyridine rings is 1. The molecule has 0 radical (unpaired) electrons. The molecule has 0 spiro atoms. The number of aldehydes is 1. The fraction of sp³-hybridized carbons (Fsp3) is 0. The summed E-state index contributed by atoms with van der Waals surface area (Å²) in [5.41, 5.74) is -0.364. The Kier molecular flexibility index (Phi) is 2.91. The van der Waals surface area contributed by atoms with Crippen LogP contribution >= 0.6 is 0 Å². The van der Waals surface area contributed by atoms with Crippen LogP contribution in [0, 0.1) is 17.5 Å². The lowest BCUT2D eigenvalue weighted by molar-refractivity contribution is 0.111. The second-order valence-corrected chi connectivity index (χ2v) is 3.33. The number of carbonyl (C=O) groups excluding carboxylic acids is 1. The molecule has 2 rings (SSSR count). The van der Waals surface area contributed by atoms with E-state index in [-0.39, 0.29) is 23.1 Å². The third-order valence-corrected chi connectivity index (χ3v) is 2.22. The Morgan fingerprint density at radius 3 is 2.53 bits per heavy atom. The van der Waals surface area contributed by atoms with E-state index < -0.39 is 17.5 Å². The predicted molar refractivity (Wildman–Crippen MR) is 54.9 cm³/mol. The van der Waals surface area contributed by atoms with Crippen LogP contribution in [-0.4, -0.2) is 11.3 Å². The van der Waals surface area contributed by atoms with E-state index in [0.717, 1.165) is 30.5 Å². The maximum Gasteiger partial charge on any atom is 0.153 e. The lowest BCUT2D eigenvalue weighted by atomic mass is 10.1. The van der Waals surface area contributed by atoms with Crippen molar-refractivity contribution in [1.82, 2.24) is 4.98 Å². The number of nitrogens with zero attached hydrogens (tertiary/aromatic N) is 1. The second kappa shape index (κ2) is 4.37. The number of carbonyl (C=O) groups is 1. The molecule has 0 unspecified atom stereocenters. The highest BCUT2D eigenvalue weighted by Gasteiger charge is 2.10. The highest BCUT2D eigenvalue weighted by Crippen LogP contribution is 2.22. The van der Waals surface area contributed by atoms with Gasteiger partial charge in [0.15, 0.2) is 12.1 Å². The Labute approximate surface area is 94.7 Å². The number of hydrogen-bond donors (Lipinski definition) is 0. The van der Waals surface area contributed by atoms with Crippen molar-refractivity contribution in [2.24, 2.45) is 0 Å². The molecule has 0 bridgehead atoms. The van der Waals surface area contributed by atoms with Gasteiger partial charge < -0.3 is 0 Å². The summed E-state index contributed by atoms with van der Waals surface area (Å²) in [5, 5.41) is 0. The highest BCUT2D eigenvalue weighted by atomic mass is 19.1. The maximum atomic E-state index is 13.4. The van der Waals surface area contributed by atoms with Gasteiger partial charge in [0.1, 0.15) is 11.6 Å². The molecule has 86 valence electrons. The molecule has 0 saturated heterocycles. The Bertz CT molecular complexity index is 584. The quantitative estimate of drug-likeness (QED) is 0.751. The molecule has 0 atom stereocenters. The van der Waals surface area contributed by atoms with Crippen LogP contribution in [-0.2, 0) is 0 Å². The van der Waals surface area contributed by atoms with Crippen molar-refractivity contribution in [3.63, 3.8) is 0 Å². The van der Waals surface area contributed by atoms with Gasteiger partial charge in [-0.3, -0.25) is 9.78 Å². The molecule has 0 N–H and O–H groups in total. The Morgan fingerprint density at radius 1 is 1.06 bits per heavy atom. The van der Waals surface area contributed by atoms with Gasteiger partial charge in [0.2, 0.25) is 0 Å². The topological polar surface area (TPSA) is 30.0 Å². The third kappa shape index (κ3) is 2.18. The summed E-state index contributed by atoms with van der Waals surface area (Å²) >= 11 is 0. The minimum atomic E-state index is -0.805. The van der Waals surface area contributed by atoms with Crippen molar-refractivity contribution in [3.8, 4) is 11.3 Å². The summed E-state index contributed by atoms with van der Waals surface area (Å²) in [6.07, 6.45) is 1.08. The molecule has 1 aromatic carbocycles. The van der Waals surface area contributed by atoms with Gasteiger partial charge in [0.25, 0.3) is 0 Å². The molecular formula is C12H6F3NO. The van der Waals surface area contributed by atoms with Gasteiger partial charge in [0, 0.05) is 5.56 Å².